The first-order chi connectivity index (χ1) is 13.5. The van der Waals surface area contributed by atoms with Crippen LogP contribution in [0.4, 0.5) is 0 Å². The molecule has 1 heterocycles. The maximum absolute atomic E-state index is 11.8. The number of hydrazone groups is 1. The number of nitrogens with zero attached hydrogens (tertiary/aromatic N) is 2. The van der Waals surface area contributed by atoms with Crippen LogP contribution in [0.5, 0.6) is 5.75 Å². The molecule has 8 heteroatoms. The van der Waals surface area contributed by atoms with Gasteiger partial charge in [0.05, 0.1) is 17.5 Å². The maximum Gasteiger partial charge on any atom is 0.335 e. The van der Waals surface area contributed by atoms with E-state index in [2.05, 4.69) is 10.5 Å². The van der Waals surface area contributed by atoms with E-state index in [-0.39, 0.29) is 12.2 Å². The number of carboxylic acids is 1. The van der Waals surface area contributed by atoms with E-state index in [0.717, 1.165) is 5.69 Å². The number of carbonyl (C=O) groups is 2. The number of benzene rings is 2. The molecule has 28 heavy (non-hydrogen) atoms. The van der Waals surface area contributed by atoms with Gasteiger partial charge in [-0.3, -0.25) is 4.79 Å². The molecule has 0 bridgehead atoms. The fourth-order valence-electron chi connectivity index (χ4n) is 2.41. The number of aromatic nitrogens is 1. The van der Waals surface area contributed by atoms with E-state index in [1.807, 2.05) is 16.7 Å². The summed E-state index contributed by atoms with van der Waals surface area (Å²) in [5, 5.41) is 13.4. The summed E-state index contributed by atoms with van der Waals surface area (Å²) in [6.45, 7) is -0.199. The standard InChI is InChI=1S/C20H16ClN3O4/c21-15-3-1-5-18(11-15)28-13-19(25)23-22-12-17-4-2-10-24(17)16-8-6-14(7-9-16)20(26)27/h1-12H,13H2,(H,23,25)(H,26,27)/b22-12+. The van der Waals surface area contributed by atoms with E-state index in [9.17, 15) is 9.59 Å². The molecule has 1 aromatic heterocycles. The van der Waals surface area contributed by atoms with Gasteiger partial charge in [0, 0.05) is 16.9 Å². The Morgan fingerprint density at radius 3 is 2.64 bits per heavy atom. The third-order valence-electron chi connectivity index (χ3n) is 3.72. The summed E-state index contributed by atoms with van der Waals surface area (Å²) in [6.07, 6.45) is 3.30. The van der Waals surface area contributed by atoms with Crippen LogP contribution in [-0.2, 0) is 4.79 Å². The van der Waals surface area contributed by atoms with Gasteiger partial charge in [-0.05, 0) is 54.6 Å². The van der Waals surface area contributed by atoms with Crippen LogP contribution in [0.15, 0.2) is 72.0 Å². The van der Waals surface area contributed by atoms with E-state index < -0.39 is 11.9 Å². The largest absolute Gasteiger partial charge is 0.484 e. The molecule has 0 aliphatic carbocycles. The number of halogens is 1. The first-order valence-electron chi connectivity index (χ1n) is 8.24. The SMILES string of the molecule is O=C(COc1cccc(Cl)c1)N/N=C/c1cccn1-c1ccc(C(=O)O)cc1. The van der Waals surface area contributed by atoms with Crippen molar-refractivity contribution in [3.05, 3.63) is 83.1 Å². The summed E-state index contributed by atoms with van der Waals surface area (Å²) in [5.41, 5.74) is 4.07. The fourth-order valence-corrected chi connectivity index (χ4v) is 2.59. The Hall–Kier alpha value is -3.58. The van der Waals surface area contributed by atoms with Crippen molar-refractivity contribution in [2.24, 2.45) is 5.10 Å². The lowest BCUT2D eigenvalue weighted by Gasteiger charge is -2.07. The Kier molecular flexibility index (Phi) is 6.08. The summed E-state index contributed by atoms with van der Waals surface area (Å²) >= 11 is 5.85. The third kappa shape index (κ3) is 4.99. The topological polar surface area (TPSA) is 92.9 Å². The molecular weight excluding hydrogens is 382 g/mol. The number of carboxylic acid groups (broad SMARTS) is 1. The zero-order valence-corrected chi connectivity index (χ0v) is 15.3. The average Bonchev–Trinajstić information content (AvgIpc) is 3.15. The molecule has 0 aliphatic rings. The molecule has 1 amide bonds. The second-order valence-corrected chi connectivity index (χ2v) is 6.13. The summed E-state index contributed by atoms with van der Waals surface area (Å²) < 4.78 is 7.15. The highest BCUT2D eigenvalue weighted by Crippen LogP contribution is 2.17. The van der Waals surface area contributed by atoms with Gasteiger partial charge >= 0.3 is 5.97 Å². The van der Waals surface area contributed by atoms with E-state index >= 15 is 0 Å². The molecule has 3 rings (SSSR count). The van der Waals surface area contributed by atoms with E-state index in [1.54, 1.807) is 42.6 Å². The lowest BCUT2D eigenvalue weighted by molar-refractivity contribution is -0.123. The minimum Gasteiger partial charge on any atom is -0.484 e. The van der Waals surface area contributed by atoms with Gasteiger partial charge in [-0.1, -0.05) is 17.7 Å². The van der Waals surface area contributed by atoms with Crippen molar-refractivity contribution in [1.82, 2.24) is 9.99 Å². The van der Waals surface area contributed by atoms with Crippen molar-refractivity contribution >= 4 is 29.7 Å². The zero-order chi connectivity index (χ0) is 19.9. The molecule has 0 spiro atoms. The van der Waals surface area contributed by atoms with Gasteiger partial charge in [-0.25, -0.2) is 10.2 Å². The number of nitrogens with one attached hydrogen (secondary N) is 1. The highest BCUT2D eigenvalue weighted by molar-refractivity contribution is 6.30. The van der Waals surface area contributed by atoms with Crippen molar-refractivity contribution in [2.45, 2.75) is 0 Å². The molecule has 2 aromatic carbocycles. The molecule has 0 atom stereocenters. The Labute approximate surface area is 165 Å². The summed E-state index contributed by atoms with van der Waals surface area (Å²) in [6, 6.07) is 16.8. The number of hydrogen-bond acceptors (Lipinski definition) is 4. The predicted octanol–water partition coefficient (Wildman–Crippen LogP) is 3.36. The predicted molar refractivity (Wildman–Crippen MR) is 105 cm³/mol. The molecule has 0 fully saturated rings. The zero-order valence-electron chi connectivity index (χ0n) is 14.6. The molecular formula is C20H16ClN3O4. The third-order valence-corrected chi connectivity index (χ3v) is 3.96. The van der Waals surface area contributed by atoms with Crippen LogP contribution in [0, 0.1) is 0 Å². The van der Waals surface area contributed by atoms with E-state index in [1.165, 1.54) is 18.3 Å². The van der Waals surface area contributed by atoms with Crippen molar-refractivity contribution < 1.29 is 19.4 Å². The Morgan fingerprint density at radius 1 is 1.14 bits per heavy atom. The van der Waals surface area contributed by atoms with Crippen LogP contribution < -0.4 is 10.2 Å². The number of aromatic carboxylic acids is 1. The van der Waals surface area contributed by atoms with E-state index in [4.69, 9.17) is 21.4 Å². The Bertz CT molecular complexity index is 1010. The average molecular weight is 398 g/mol. The van der Waals surface area contributed by atoms with Crippen molar-refractivity contribution in [3.63, 3.8) is 0 Å². The van der Waals surface area contributed by atoms with Crippen LogP contribution >= 0.6 is 11.6 Å². The minimum atomic E-state index is -0.983. The Balaban J connectivity index is 1.58. The highest BCUT2D eigenvalue weighted by atomic mass is 35.5. The van der Waals surface area contributed by atoms with Crippen LogP contribution in [-0.4, -0.2) is 34.4 Å². The normalized spacial score (nSPS) is 10.8. The van der Waals surface area contributed by atoms with Crippen molar-refractivity contribution in [3.8, 4) is 11.4 Å². The van der Waals surface area contributed by atoms with Gasteiger partial charge in [0.15, 0.2) is 6.61 Å². The molecule has 142 valence electrons. The molecule has 0 saturated heterocycles. The number of ether oxygens (including phenoxy) is 1. The van der Waals surface area contributed by atoms with Crippen LogP contribution in [0.1, 0.15) is 16.1 Å². The lowest BCUT2D eigenvalue weighted by Crippen LogP contribution is -2.24. The van der Waals surface area contributed by atoms with Gasteiger partial charge < -0.3 is 14.4 Å². The molecule has 7 nitrogen and oxygen atoms in total. The number of hydrogen-bond donors (Lipinski definition) is 2. The minimum absolute atomic E-state index is 0.199. The van der Waals surface area contributed by atoms with Crippen LogP contribution in [0.3, 0.4) is 0 Å². The van der Waals surface area contributed by atoms with Gasteiger partial charge in [-0.2, -0.15) is 5.10 Å². The second-order valence-electron chi connectivity index (χ2n) is 5.69. The number of carbonyl (C=O) groups excluding carboxylic acids is 1. The van der Waals surface area contributed by atoms with Crippen LogP contribution in [0.25, 0.3) is 5.69 Å². The lowest BCUT2D eigenvalue weighted by atomic mass is 10.2. The van der Waals surface area contributed by atoms with Gasteiger partial charge in [0.25, 0.3) is 5.91 Å². The molecule has 0 aliphatic heterocycles. The summed E-state index contributed by atoms with van der Waals surface area (Å²) in [7, 11) is 0. The monoisotopic (exact) mass is 397 g/mol. The molecule has 2 N–H and O–H groups in total. The smallest absolute Gasteiger partial charge is 0.335 e. The second kappa shape index (κ2) is 8.88. The summed E-state index contributed by atoms with van der Waals surface area (Å²) in [5.74, 6) is -0.908. The van der Waals surface area contributed by atoms with Gasteiger partial charge in [0.1, 0.15) is 5.75 Å². The van der Waals surface area contributed by atoms with Crippen molar-refractivity contribution in [2.75, 3.05) is 6.61 Å². The van der Waals surface area contributed by atoms with E-state index in [0.29, 0.717) is 16.5 Å². The first kappa shape index (κ1) is 19.2. The molecule has 0 unspecified atom stereocenters. The number of rotatable bonds is 7. The molecule has 3 aromatic rings. The molecule has 0 saturated carbocycles. The van der Waals surface area contributed by atoms with Crippen LogP contribution in [0.2, 0.25) is 5.02 Å². The first-order valence-corrected chi connectivity index (χ1v) is 8.62. The Morgan fingerprint density at radius 2 is 1.93 bits per heavy atom. The van der Waals surface area contributed by atoms with Crippen molar-refractivity contribution in [1.29, 1.82) is 0 Å². The van der Waals surface area contributed by atoms with Gasteiger partial charge in [-0.15, -0.1) is 0 Å². The molecule has 0 radical (unpaired) electrons. The maximum atomic E-state index is 11.8. The summed E-state index contributed by atoms with van der Waals surface area (Å²) in [4.78, 5) is 22.8. The fraction of sp³-hybridized carbons (Fsp3) is 0.0500. The number of amides is 1. The quantitative estimate of drug-likeness (QED) is 0.472. The van der Waals surface area contributed by atoms with Gasteiger partial charge in [0.2, 0.25) is 0 Å². The highest BCUT2D eigenvalue weighted by Gasteiger charge is 2.06.